The summed E-state index contributed by atoms with van der Waals surface area (Å²) in [4.78, 5) is 41.8. The molecule has 2 atom stereocenters. The summed E-state index contributed by atoms with van der Waals surface area (Å²) in [6.45, 7) is 9.99. The second kappa shape index (κ2) is 7.69. The van der Waals surface area contributed by atoms with Gasteiger partial charge in [-0.2, -0.15) is 0 Å². The predicted octanol–water partition coefficient (Wildman–Crippen LogP) is 1.78. The molecule has 0 aliphatic carbocycles. The number of carboxylic acids is 2. The zero-order valence-corrected chi connectivity index (χ0v) is 13.2. The minimum Gasteiger partial charge on any atom is -0.481 e. The van der Waals surface area contributed by atoms with E-state index in [0.29, 0.717) is 0 Å². The van der Waals surface area contributed by atoms with Gasteiger partial charge in [-0.15, -0.1) is 0 Å². The Kier molecular flexibility index (Phi) is 7.25. The Hall–Kier alpha value is -1.22. The van der Waals surface area contributed by atoms with Gasteiger partial charge < -0.3 is 10.2 Å². The van der Waals surface area contributed by atoms with Crippen LogP contribution < -0.4 is 0 Å². The van der Waals surface area contributed by atoms with Gasteiger partial charge in [-0.1, -0.05) is 0 Å². The third-order valence-electron chi connectivity index (χ3n) is 1.78. The molecule has 0 spiro atoms. The Morgan fingerprint density at radius 3 is 1.67 bits per heavy atom. The second-order valence-electron chi connectivity index (χ2n) is 6.48. The smallest absolute Gasteiger partial charge is 0.339 e. The third kappa shape index (κ3) is 10.2. The summed E-state index contributed by atoms with van der Waals surface area (Å²) < 4.78 is 0. The standard InChI is InChI=1S/C13H24O8/c1-12(2,3)20-18-8(7-9(14)15)10(11(16)17)19-21-13(4,5)6/h8,10H,7H2,1-6H3,(H,14,15)(H,16,17). The normalized spacial score (nSPS) is 15.5. The van der Waals surface area contributed by atoms with Gasteiger partial charge in [0, 0.05) is 0 Å². The van der Waals surface area contributed by atoms with Gasteiger partial charge in [0.1, 0.15) is 6.10 Å². The van der Waals surface area contributed by atoms with Crippen molar-refractivity contribution in [1.29, 1.82) is 0 Å². The van der Waals surface area contributed by atoms with E-state index in [1.54, 1.807) is 41.5 Å². The van der Waals surface area contributed by atoms with Crippen LogP contribution in [0.3, 0.4) is 0 Å². The number of hydrogen-bond acceptors (Lipinski definition) is 6. The van der Waals surface area contributed by atoms with E-state index in [9.17, 15) is 9.59 Å². The van der Waals surface area contributed by atoms with Crippen molar-refractivity contribution in [2.75, 3.05) is 0 Å². The molecule has 0 aromatic carbocycles. The van der Waals surface area contributed by atoms with Crippen LogP contribution in [-0.2, 0) is 29.1 Å². The lowest BCUT2D eigenvalue weighted by Crippen LogP contribution is -2.42. The molecule has 0 saturated carbocycles. The molecule has 0 saturated heterocycles. The van der Waals surface area contributed by atoms with Crippen LogP contribution in [0.15, 0.2) is 0 Å². The van der Waals surface area contributed by atoms with E-state index in [1.165, 1.54) is 0 Å². The molecule has 8 heteroatoms. The molecule has 2 N–H and O–H groups in total. The Bertz CT molecular complexity index is 352. The van der Waals surface area contributed by atoms with Crippen molar-refractivity contribution in [3.63, 3.8) is 0 Å². The molecule has 124 valence electrons. The van der Waals surface area contributed by atoms with Crippen molar-refractivity contribution in [3.8, 4) is 0 Å². The Morgan fingerprint density at radius 1 is 0.905 bits per heavy atom. The first-order valence-electron chi connectivity index (χ1n) is 6.45. The van der Waals surface area contributed by atoms with E-state index in [1.807, 2.05) is 0 Å². The molecule has 21 heavy (non-hydrogen) atoms. The van der Waals surface area contributed by atoms with Gasteiger partial charge >= 0.3 is 11.9 Å². The molecule has 0 rings (SSSR count). The number of rotatable bonds is 8. The molecular weight excluding hydrogens is 284 g/mol. The zero-order chi connectivity index (χ0) is 16.8. The maximum Gasteiger partial charge on any atom is 0.339 e. The number of carbonyl (C=O) groups is 2. The van der Waals surface area contributed by atoms with Gasteiger partial charge in [-0.25, -0.2) is 24.3 Å². The molecular formula is C13H24O8. The highest BCUT2D eigenvalue weighted by molar-refractivity contribution is 5.75. The lowest BCUT2D eigenvalue weighted by molar-refractivity contribution is -0.424. The molecule has 0 aliphatic heterocycles. The second-order valence-corrected chi connectivity index (χ2v) is 6.48. The number of aliphatic carboxylic acids is 2. The van der Waals surface area contributed by atoms with E-state index in [0.717, 1.165) is 0 Å². The first kappa shape index (κ1) is 19.8. The lowest BCUT2D eigenvalue weighted by atomic mass is 10.1. The summed E-state index contributed by atoms with van der Waals surface area (Å²) in [5.41, 5.74) is -1.49. The topological polar surface area (TPSA) is 112 Å². The van der Waals surface area contributed by atoms with E-state index in [4.69, 9.17) is 29.8 Å². The Morgan fingerprint density at radius 2 is 1.33 bits per heavy atom. The molecule has 8 nitrogen and oxygen atoms in total. The Balaban J connectivity index is 4.93. The average molecular weight is 308 g/mol. The van der Waals surface area contributed by atoms with Crippen LogP contribution in [0.2, 0.25) is 0 Å². The van der Waals surface area contributed by atoms with Crippen LogP contribution in [0.5, 0.6) is 0 Å². The van der Waals surface area contributed by atoms with Gasteiger partial charge in [0.15, 0.2) is 0 Å². The average Bonchev–Trinajstić information content (AvgIpc) is 2.21. The molecule has 0 fully saturated rings. The van der Waals surface area contributed by atoms with Gasteiger partial charge in [-0.3, -0.25) is 4.79 Å². The third-order valence-corrected chi connectivity index (χ3v) is 1.78. The summed E-state index contributed by atoms with van der Waals surface area (Å²) >= 11 is 0. The van der Waals surface area contributed by atoms with Crippen molar-refractivity contribution in [3.05, 3.63) is 0 Å². The fourth-order valence-electron chi connectivity index (χ4n) is 1.03. The van der Waals surface area contributed by atoms with E-state index < -0.39 is 41.8 Å². The Labute approximate surface area is 123 Å². The van der Waals surface area contributed by atoms with Crippen LogP contribution in [0.25, 0.3) is 0 Å². The summed E-state index contributed by atoms with van der Waals surface area (Å²) in [5, 5.41) is 18.0. The fourth-order valence-corrected chi connectivity index (χ4v) is 1.03. The van der Waals surface area contributed by atoms with Crippen LogP contribution in [0.1, 0.15) is 48.0 Å². The largest absolute Gasteiger partial charge is 0.481 e. The van der Waals surface area contributed by atoms with Gasteiger partial charge in [0.2, 0.25) is 6.10 Å². The first-order chi connectivity index (χ1) is 9.32. The summed E-state index contributed by atoms with van der Waals surface area (Å²) in [6.07, 6.45) is -3.61. The molecule has 0 aliphatic rings. The first-order valence-corrected chi connectivity index (χ1v) is 6.45. The van der Waals surface area contributed by atoms with E-state index >= 15 is 0 Å². The highest BCUT2D eigenvalue weighted by Crippen LogP contribution is 2.18. The number of carboxylic acid groups (broad SMARTS) is 2. The van der Waals surface area contributed by atoms with Crippen LogP contribution in [0, 0.1) is 0 Å². The summed E-state index contributed by atoms with van der Waals surface area (Å²) in [6, 6.07) is 0. The summed E-state index contributed by atoms with van der Waals surface area (Å²) in [5.74, 6) is -2.66. The minimum atomic E-state index is -1.64. The highest BCUT2D eigenvalue weighted by Gasteiger charge is 2.36. The van der Waals surface area contributed by atoms with Crippen molar-refractivity contribution in [2.45, 2.75) is 71.4 Å². The molecule has 0 radical (unpaired) electrons. The molecule has 2 unspecified atom stereocenters. The van der Waals surface area contributed by atoms with Crippen molar-refractivity contribution in [2.24, 2.45) is 0 Å². The quantitative estimate of drug-likeness (QED) is 0.515. The van der Waals surface area contributed by atoms with Gasteiger partial charge in [0.05, 0.1) is 17.6 Å². The zero-order valence-electron chi connectivity index (χ0n) is 13.2. The monoisotopic (exact) mass is 308 g/mol. The van der Waals surface area contributed by atoms with Gasteiger partial charge in [-0.05, 0) is 41.5 Å². The van der Waals surface area contributed by atoms with Crippen LogP contribution >= 0.6 is 0 Å². The van der Waals surface area contributed by atoms with Crippen molar-refractivity contribution < 1.29 is 39.4 Å². The predicted molar refractivity (Wildman–Crippen MR) is 71.3 cm³/mol. The lowest BCUT2D eigenvalue weighted by Gasteiger charge is -2.27. The molecule has 0 aromatic heterocycles. The molecule has 0 heterocycles. The maximum absolute atomic E-state index is 11.2. The molecule has 0 bridgehead atoms. The SMILES string of the molecule is CC(C)(C)OOC(CC(=O)O)C(OOC(C)(C)C)C(=O)O. The summed E-state index contributed by atoms with van der Waals surface area (Å²) in [7, 11) is 0. The van der Waals surface area contributed by atoms with E-state index in [-0.39, 0.29) is 0 Å². The van der Waals surface area contributed by atoms with Gasteiger partial charge in [0.25, 0.3) is 0 Å². The van der Waals surface area contributed by atoms with E-state index in [2.05, 4.69) is 0 Å². The van der Waals surface area contributed by atoms with Crippen LogP contribution in [0.4, 0.5) is 0 Å². The van der Waals surface area contributed by atoms with Crippen molar-refractivity contribution >= 4 is 11.9 Å². The van der Waals surface area contributed by atoms with Crippen molar-refractivity contribution in [1.82, 2.24) is 0 Å². The van der Waals surface area contributed by atoms with Crippen LogP contribution in [-0.4, -0.2) is 45.6 Å². The molecule has 0 aromatic rings. The highest BCUT2D eigenvalue weighted by atomic mass is 17.2. The molecule has 0 amide bonds. The maximum atomic E-state index is 11.2. The number of hydrogen-bond donors (Lipinski definition) is 2. The fraction of sp³-hybridized carbons (Fsp3) is 0.846. The minimum absolute atomic E-state index is 0.611.